The quantitative estimate of drug-likeness (QED) is 0.0496. The summed E-state index contributed by atoms with van der Waals surface area (Å²) in [6, 6.07) is -0.132. The van der Waals surface area contributed by atoms with Crippen molar-refractivity contribution in [2.45, 2.75) is 115 Å². The summed E-state index contributed by atoms with van der Waals surface area (Å²) in [4.78, 5) is 77.8. The zero-order valence-electron chi connectivity index (χ0n) is 32.0. The lowest BCUT2D eigenvalue weighted by Gasteiger charge is -2.30. The Hall–Kier alpha value is -4.58. The average Bonchev–Trinajstić information content (AvgIpc) is 3.14. The smallest absolute Gasteiger partial charge is 0.307 e. The monoisotopic (exact) mass is 756 g/mol. The molecular weight excluding hydrogens is 696 g/mol. The standard InChI is InChI=1S/C40H60N4O10/c1-5-9-29-52-38(48)20-26-43(25-19-37(47)51-8-4)23-13-17-35(45)41-33-15-12-16-34(32-33)42-36(46)18-14-24-44(27-21-39(49)53-30-10-6-2)28-22-40(50)54-31-11-7-3/h1-3,33-34H,8-32H2,4H3,(H,41,45)(H,42,46)/t33-,34+/m1/s1. The van der Waals surface area contributed by atoms with Gasteiger partial charge in [-0.25, -0.2) is 0 Å². The molecule has 0 heterocycles. The molecule has 0 spiro atoms. The van der Waals surface area contributed by atoms with E-state index in [1.807, 2.05) is 9.80 Å². The summed E-state index contributed by atoms with van der Waals surface area (Å²) in [5, 5.41) is 6.21. The van der Waals surface area contributed by atoms with Crippen LogP contribution in [0, 0.1) is 37.0 Å². The van der Waals surface area contributed by atoms with Crippen LogP contribution in [0.3, 0.4) is 0 Å². The number of hydrogen-bond acceptors (Lipinski definition) is 12. The molecule has 0 aromatic rings. The topological polar surface area (TPSA) is 170 Å². The molecule has 2 amide bonds. The second-order valence-corrected chi connectivity index (χ2v) is 12.9. The van der Waals surface area contributed by atoms with E-state index in [1.165, 1.54) is 0 Å². The van der Waals surface area contributed by atoms with Crippen molar-refractivity contribution in [3.63, 3.8) is 0 Å². The Morgan fingerprint density at radius 2 is 0.907 bits per heavy atom. The Labute approximate surface area is 321 Å². The van der Waals surface area contributed by atoms with Crippen molar-refractivity contribution in [3.8, 4) is 37.0 Å². The van der Waals surface area contributed by atoms with Crippen LogP contribution in [0.15, 0.2) is 0 Å². The highest BCUT2D eigenvalue weighted by atomic mass is 16.5. The summed E-state index contributed by atoms with van der Waals surface area (Å²) < 4.78 is 20.4. The van der Waals surface area contributed by atoms with Crippen molar-refractivity contribution < 1.29 is 47.7 Å². The molecule has 0 radical (unpaired) electrons. The fourth-order valence-electron chi connectivity index (χ4n) is 5.77. The van der Waals surface area contributed by atoms with Gasteiger partial charge in [-0.1, -0.05) is 0 Å². The van der Waals surface area contributed by atoms with Gasteiger partial charge in [-0.05, 0) is 58.5 Å². The van der Waals surface area contributed by atoms with E-state index in [9.17, 15) is 28.8 Å². The van der Waals surface area contributed by atoms with Gasteiger partial charge in [0.15, 0.2) is 0 Å². The number of esters is 4. The molecule has 1 aliphatic carbocycles. The number of terminal acetylenes is 3. The molecule has 0 bridgehead atoms. The van der Waals surface area contributed by atoms with Crippen molar-refractivity contribution in [2.24, 2.45) is 0 Å². The molecule has 1 fully saturated rings. The maximum Gasteiger partial charge on any atom is 0.307 e. The SMILES string of the molecule is C#CCCOC(=O)CCN(CCCC(=O)N[C@@H]1CCC[C@H](NC(=O)CCCN(CCC(=O)OCCC#C)CCC(=O)OCCC#C)C1)CCC(=O)OCC. The Morgan fingerprint density at radius 3 is 1.24 bits per heavy atom. The number of carbonyl (C=O) groups is 6. The molecule has 300 valence electrons. The van der Waals surface area contributed by atoms with E-state index < -0.39 is 0 Å². The number of rotatable bonds is 29. The second-order valence-electron chi connectivity index (χ2n) is 12.9. The summed E-state index contributed by atoms with van der Waals surface area (Å²) in [5.41, 5.74) is 0. The lowest BCUT2D eigenvalue weighted by atomic mass is 9.90. The van der Waals surface area contributed by atoms with E-state index in [-0.39, 0.29) is 113 Å². The minimum atomic E-state index is -0.386. The molecule has 0 aromatic carbocycles. The number of ether oxygens (including phenoxy) is 4. The summed E-state index contributed by atoms with van der Waals surface area (Å²) in [5.74, 6) is 5.59. The first-order valence-corrected chi connectivity index (χ1v) is 19.1. The Kier molecular flexibility index (Phi) is 27.1. The van der Waals surface area contributed by atoms with Gasteiger partial charge in [0.2, 0.25) is 11.8 Å². The highest BCUT2D eigenvalue weighted by Gasteiger charge is 2.25. The molecule has 14 nitrogen and oxygen atoms in total. The minimum absolute atomic E-state index is 0.0643. The van der Waals surface area contributed by atoms with Crippen LogP contribution in [-0.4, -0.2) is 123 Å². The number of hydrogen-bond donors (Lipinski definition) is 2. The molecule has 14 heteroatoms. The van der Waals surface area contributed by atoms with Gasteiger partial charge in [-0.15, -0.1) is 37.0 Å². The van der Waals surface area contributed by atoms with E-state index >= 15 is 0 Å². The molecular formula is C40H60N4O10. The number of amides is 2. The van der Waals surface area contributed by atoms with Gasteiger partial charge in [-0.3, -0.25) is 28.8 Å². The summed E-state index contributed by atoms with van der Waals surface area (Å²) >= 11 is 0. The first kappa shape index (κ1) is 47.4. The lowest BCUT2D eigenvalue weighted by Crippen LogP contribution is -2.46. The molecule has 2 atom stereocenters. The second kappa shape index (κ2) is 30.8. The molecule has 1 rings (SSSR count). The van der Waals surface area contributed by atoms with Crippen LogP contribution in [-0.2, 0) is 47.7 Å². The summed E-state index contributed by atoms with van der Waals surface area (Å²) in [6.45, 7) is 4.97. The zero-order chi connectivity index (χ0) is 39.8. The van der Waals surface area contributed by atoms with Gasteiger partial charge in [0, 0.05) is 70.4 Å². The van der Waals surface area contributed by atoms with E-state index in [0.717, 1.165) is 19.3 Å². The molecule has 0 unspecified atom stereocenters. The summed E-state index contributed by atoms with van der Waals surface area (Å²) in [6.07, 6.45) is 21.9. The van der Waals surface area contributed by atoms with Gasteiger partial charge < -0.3 is 39.4 Å². The fourth-order valence-corrected chi connectivity index (χ4v) is 5.77. The van der Waals surface area contributed by atoms with Crippen LogP contribution in [0.1, 0.15) is 103 Å². The molecule has 0 saturated heterocycles. The third-order valence-corrected chi connectivity index (χ3v) is 8.52. The van der Waals surface area contributed by atoms with Gasteiger partial charge >= 0.3 is 23.9 Å². The van der Waals surface area contributed by atoms with Crippen molar-refractivity contribution in [1.82, 2.24) is 20.4 Å². The van der Waals surface area contributed by atoms with Crippen LogP contribution in [0.4, 0.5) is 0 Å². The molecule has 54 heavy (non-hydrogen) atoms. The molecule has 0 aliphatic heterocycles. The third-order valence-electron chi connectivity index (χ3n) is 8.52. The Morgan fingerprint density at radius 1 is 0.556 bits per heavy atom. The highest BCUT2D eigenvalue weighted by Crippen LogP contribution is 2.19. The van der Waals surface area contributed by atoms with E-state index in [0.29, 0.717) is 77.8 Å². The first-order chi connectivity index (χ1) is 26.1. The van der Waals surface area contributed by atoms with Crippen molar-refractivity contribution in [3.05, 3.63) is 0 Å². The fraction of sp³-hybridized carbons (Fsp3) is 0.700. The predicted octanol–water partition coefficient (Wildman–Crippen LogP) is 2.52. The van der Waals surface area contributed by atoms with Gasteiger partial charge in [-0.2, -0.15) is 0 Å². The van der Waals surface area contributed by atoms with Crippen molar-refractivity contribution in [2.75, 3.05) is 65.7 Å². The molecule has 0 aromatic heterocycles. The van der Waals surface area contributed by atoms with Crippen LogP contribution in [0.2, 0.25) is 0 Å². The van der Waals surface area contributed by atoms with Crippen LogP contribution in [0.5, 0.6) is 0 Å². The maximum absolute atomic E-state index is 12.9. The van der Waals surface area contributed by atoms with Crippen molar-refractivity contribution in [1.29, 1.82) is 0 Å². The predicted molar refractivity (Wildman–Crippen MR) is 202 cm³/mol. The third kappa shape index (κ3) is 25.4. The van der Waals surface area contributed by atoms with Crippen LogP contribution >= 0.6 is 0 Å². The van der Waals surface area contributed by atoms with Crippen LogP contribution < -0.4 is 10.6 Å². The van der Waals surface area contributed by atoms with Gasteiger partial charge in [0.1, 0.15) is 19.8 Å². The van der Waals surface area contributed by atoms with Crippen LogP contribution in [0.25, 0.3) is 0 Å². The number of nitrogens with one attached hydrogen (secondary N) is 2. The van der Waals surface area contributed by atoms with Crippen molar-refractivity contribution >= 4 is 35.7 Å². The molecule has 1 aliphatic rings. The lowest BCUT2D eigenvalue weighted by molar-refractivity contribution is -0.145. The average molecular weight is 757 g/mol. The number of carbonyl (C=O) groups excluding carboxylic acids is 6. The summed E-state index contributed by atoms with van der Waals surface area (Å²) in [7, 11) is 0. The first-order valence-electron chi connectivity index (χ1n) is 19.1. The zero-order valence-corrected chi connectivity index (χ0v) is 32.0. The normalized spacial score (nSPS) is 14.9. The number of nitrogens with zero attached hydrogens (tertiary/aromatic N) is 2. The van der Waals surface area contributed by atoms with E-state index in [2.05, 4.69) is 28.4 Å². The molecule has 1 saturated carbocycles. The van der Waals surface area contributed by atoms with Gasteiger partial charge in [0.05, 0.1) is 32.3 Å². The van der Waals surface area contributed by atoms with Gasteiger partial charge in [0.25, 0.3) is 0 Å². The minimum Gasteiger partial charge on any atom is -0.466 e. The Balaban J connectivity index is 2.52. The van der Waals surface area contributed by atoms with E-state index in [1.54, 1.807) is 6.92 Å². The molecule has 2 N–H and O–H groups in total. The largest absolute Gasteiger partial charge is 0.466 e. The highest BCUT2D eigenvalue weighted by molar-refractivity contribution is 5.77. The van der Waals surface area contributed by atoms with E-state index in [4.69, 9.17) is 38.2 Å². The Bertz CT molecular complexity index is 1250. The maximum atomic E-state index is 12.9.